The van der Waals surface area contributed by atoms with Crippen LogP contribution in [0.5, 0.6) is 0 Å². The lowest BCUT2D eigenvalue weighted by Gasteiger charge is -2.22. The van der Waals surface area contributed by atoms with Gasteiger partial charge in [-0.15, -0.1) is 12.4 Å². The number of halogens is 7. The van der Waals surface area contributed by atoms with Crippen LogP contribution in [0.3, 0.4) is 0 Å². The van der Waals surface area contributed by atoms with Crippen molar-refractivity contribution in [2.24, 2.45) is 5.73 Å². The van der Waals surface area contributed by atoms with E-state index in [1.165, 1.54) is 0 Å². The molecule has 110 valence electrons. The van der Waals surface area contributed by atoms with Crippen LogP contribution in [0.1, 0.15) is 17.2 Å². The fourth-order valence-corrected chi connectivity index (χ4v) is 1.30. The molecule has 0 aromatic heterocycles. The van der Waals surface area contributed by atoms with E-state index in [1.807, 2.05) is 0 Å². The highest BCUT2D eigenvalue weighted by Crippen LogP contribution is 2.34. The molecule has 1 atom stereocenters. The van der Waals surface area contributed by atoms with Crippen LogP contribution in [0, 0.1) is 5.82 Å². The van der Waals surface area contributed by atoms with E-state index < -0.39 is 41.7 Å². The average molecular weight is 310 g/mol. The van der Waals surface area contributed by atoms with E-state index in [9.17, 15) is 26.3 Å². The molecule has 9 heteroatoms. The molecule has 0 heterocycles. The fourth-order valence-electron chi connectivity index (χ4n) is 1.30. The van der Waals surface area contributed by atoms with Crippen LogP contribution in [0.4, 0.5) is 26.3 Å². The van der Waals surface area contributed by atoms with Gasteiger partial charge in [0.15, 0.2) is 0 Å². The lowest BCUT2D eigenvalue weighted by molar-refractivity contribution is -0.140. The summed E-state index contributed by atoms with van der Waals surface area (Å²) in [5, 5.41) is 8.38. The van der Waals surface area contributed by atoms with E-state index in [1.54, 1.807) is 0 Å². The Kier molecular flexibility index (Phi) is 5.66. The van der Waals surface area contributed by atoms with E-state index in [-0.39, 0.29) is 18.5 Å². The predicted octanol–water partition coefficient (Wildman–Crippen LogP) is 2.89. The first-order chi connectivity index (χ1) is 8.09. The minimum atomic E-state index is -4.91. The highest BCUT2D eigenvalue weighted by Gasteiger charge is 2.39. The van der Waals surface area contributed by atoms with Crippen molar-refractivity contribution in [1.29, 1.82) is 0 Å². The van der Waals surface area contributed by atoms with Crippen LogP contribution in [0.15, 0.2) is 18.2 Å². The topological polar surface area (TPSA) is 46.2 Å². The van der Waals surface area contributed by atoms with Gasteiger partial charge in [0.2, 0.25) is 0 Å². The first kappa shape index (κ1) is 18.0. The van der Waals surface area contributed by atoms with Crippen LogP contribution >= 0.6 is 12.4 Å². The third-order valence-corrected chi connectivity index (χ3v) is 2.32. The summed E-state index contributed by atoms with van der Waals surface area (Å²) in [5.74, 6) is -5.43. The molecule has 1 aromatic rings. The molecule has 0 bridgehead atoms. The molecule has 19 heavy (non-hydrogen) atoms. The zero-order chi connectivity index (χ0) is 14.1. The number of hydrogen-bond donors (Lipinski definition) is 2. The Bertz CT molecular complexity index is 437. The highest BCUT2D eigenvalue weighted by atomic mass is 35.5. The highest BCUT2D eigenvalue weighted by molar-refractivity contribution is 5.85. The first-order valence-corrected chi connectivity index (χ1v) is 4.70. The molecule has 0 aliphatic rings. The smallest absolute Gasteiger partial charge is 0.390 e. The molecule has 2 nitrogen and oxygen atoms in total. The fraction of sp³-hybridized carbons (Fsp3) is 0.400. The normalized spacial score (nSPS) is 13.9. The van der Waals surface area contributed by atoms with Crippen molar-refractivity contribution >= 4 is 12.4 Å². The SMILES string of the molecule is Cl.N[C@@H](c1ccc(C(F)(F)F)c(F)c1)C(F)(F)CO. The van der Waals surface area contributed by atoms with Gasteiger partial charge < -0.3 is 10.8 Å². The van der Waals surface area contributed by atoms with Crippen molar-refractivity contribution in [1.82, 2.24) is 0 Å². The van der Waals surface area contributed by atoms with Gasteiger partial charge in [-0.2, -0.15) is 13.2 Å². The van der Waals surface area contributed by atoms with Gasteiger partial charge in [0.05, 0.1) is 11.6 Å². The number of aliphatic hydroxyl groups excluding tert-OH is 1. The monoisotopic (exact) mass is 309 g/mol. The molecular weight excluding hydrogens is 300 g/mol. The molecule has 0 saturated heterocycles. The molecule has 0 aliphatic heterocycles. The number of nitrogens with two attached hydrogens (primary N) is 1. The summed E-state index contributed by atoms with van der Waals surface area (Å²) in [7, 11) is 0. The first-order valence-electron chi connectivity index (χ1n) is 4.70. The predicted molar refractivity (Wildman–Crippen MR) is 57.6 cm³/mol. The van der Waals surface area contributed by atoms with Gasteiger partial charge in [-0.3, -0.25) is 0 Å². The molecule has 0 amide bonds. The quantitative estimate of drug-likeness (QED) is 0.843. The van der Waals surface area contributed by atoms with Crippen molar-refractivity contribution in [3.63, 3.8) is 0 Å². The minimum Gasteiger partial charge on any atom is -0.390 e. The van der Waals surface area contributed by atoms with Crippen LogP contribution in [0.2, 0.25) is 0 Å². The maximum atomic E-state index is 13.1. The molecule has 0 saturated carbocycles. The third kappa shape index (κ3) is 3.99. The van der Waals surface area contributed by atoms with Gasteiger partial charge in [-0.05, 0) is 17.7 Å². The summed E-state index contributed by atoms with van der Waals surface area (Å²) < 4.78 is 75.7. The lowest BCUT2D eigenvalue weighted by Crippen LogP contribution is -2.36. The summed E-state index contributed by atoms with van der Waals surface area (Å²) in [6.45, 7) is -1.59. The molecule has 0 radical (unpaired) electrons. The van der Waals surface area contributed by atoms with Gasteiger partial charge in [-0.25, -0.2) is 13.2 Å². The number of aliphatic hydroxyl groups is 1. The number of benzene rings is 1. The van der Waals surface area contributed by atoms with Crippen molar-refractivity contribution < 1.29 is 31.4 Å². The standard InChI is InChI=1S/C10H9F6NO.ClH/c11-7-3-5(8(17)9(12,13)4-18)1-2-6(7)10(14,15)16;/h1-3,8,18H,4,17H2;1H/t8-;/m0./s1. The van der Waals surface area contributed by atoms with E-state index in [0.29, 0.717) is 12.1 Å². The van der Waals surface area contributed by atoms with Gasteiger partial charge >= 0.3 is 6.18 Å². The van der Waals surface area contributed by atoms with Crippen molar-refractivity contribution in [3.8, 4) is 0 Å². The van der Waals surface area contributed by atoms with Gasteiger partial charge in [-0.1, -0.05) is 6.07 Å². The zero-order valence-corrected chi connectivity index (χ0v) is 10.0. The lowest BCUT2D eigenvalue weighted by atomic mass is 10.00. The molecular formula is C10H10ClF6NO. The average Bonchev–Trinajstić information content (AvgIpc) is 2.26. The van der Waals surface area contributed by atoms with Crippen molar-refractivity contribution in [3.05, 3.63) is 35.1 Å². The second-order valence-electron chi connectivity index (χ2n) is 3.63. The molecule has 0 spiro atoms. The summed E-state index contributed by atoms with van der Waals surface area (Å²) in [4.78, 5) is 0. The van der Waals surface area contributed by atoms with Crippen molar-refractivity contribution in [2.45, 2.75) is 18.1 Å². The third-order valence-electron chi connectivity index (χ3n) is 2.32. The Labute approximate surface area is 110 Å². The van der Waals surface area contributed by atoms with Crippen LogP contribution in [-0.2, 0) is 6.18 Å². The zero-order valence-electron chi connectivity index (χ0n) is 9.22. The second-order valence-corrected chi connectivity index (χ2v) is 3.63. The molecule has 0 fully saturated rings. The Balaban J connectivity index is 0.00000324. The maximum absolute atomic E-state index is 13.1. The molecule has 1 rings (SSSR count). The second kappa shape index (κ2) is 5.98. The summed E-state index contributed by atoms with van der Waals surface area (Å²) in [5.41, 5.74) is 2.96. The van der Waals surface area contributed by atoms with Gasteiger partial charge in [0, 0.05) is 0 Å². The molecule has 1 aromatic carbocycles. The number of alkyl halides is 5. The Morgan fingerprint density at radius 1 is 1.16 bits per heavy atom. The summed E-state index contributed by atoms with van der Waals surface area (Å²) in [6, 6.07) is -0.811. The van der Waals surface area contributed by atoms with E-state index in [0.717, 1.165) is 0 Å². The number of rotatable bonds is 3. The Morgan fingerprint density at radius 2 is 1.68 bits per heavy atom. The van der Waals surface area contributed by atoms with Gasteiger partial charge in [0.25, 0.3) is 5.92 Å². The van der Waals surface area contributed by atoms with Crippen molar-refractivity contribution in [2.75, 3.05) is 6.61 Å². The van der Waals surface area contributed by atoms with Crippen LogP contribution < -0.4 is 5.73 Å². The minimum absolute atomic E-state index is 0. The van der Waals surface area contributed by atoms with E-state index in [2.05, 4.69) is 0 Å². The van der Waals surface area contributed by atoms with Gasteiger partial charge in [0.1, 0.15) is 12.4 Å². The molecule has 0 unspecified atom stereocenters. The molecule has 3 N–H and O–H groups in total. The Morgan fingerprint density at radius 3 is 2.05 bits per heavy atom. The van der Waals surface area contributed by atoms with E-state index >= 15 is 0 Å². The largest absolute Gasteiger partial charge is 0.419 e. The van der Waals surface area contributed by atoms with Crippen LogP contribution in [-0.4, -0.2) is 17.6 Å². The van der Waals surface area contributed by atoms with E-state index in [4.69, 9.17) is 10.8 Å². The summed E-state index contributed by atoms with van der Waals surface area (Å²) in [6.07, 6.45) is -4.91. The maximum Gasteiger partial charge on any atom is 0.419 e. The number of hydrogen-bond acceptors (Lipinski definition) is 2. The Hall–Kier alpha value is -0.990. The summed E-state index contributed by atoms with van der Waals surface area (Å²) >= 11 is 0. The molecule has 0 aliphatic carbocycles. The van der Waals surface area contributed by atoms with Crippen LogP contribution in [0.25, 0.3) is 0 Å².